The molecule has 4 nitrogen and oxygen atoms in total. The molecule has 0 spiro atoms. The minimum atomic E-state index is 0.481. The summed E-state index contributed by atoms with van der Waals surface area (Å²) in [6.45, 7) is 1.59. The monoisotopic (exact) mass is 182 g/mol. The van der Waals surface area contributed by atoms with E-state index in [2.05, 4.69) is 4.98 Å². The maximum atomic E-state index is 5.45. The lowest BCUT2D eigenvalue weighted by atomic mass is 10.3. The molecule has 0 bridgehead atoms. The summed E-state index contributed by atoms with van der Waals surface area (Å²) in [4.78, 5) is 3.99. The van der Waals surface area contributed by atoms with Crippen LogP contribution in [0, 0.1) is 0 Å². The van der Waals surface area contributed by atoms with Crippen molar-refractivity contribution in [3.05, 3.63) is 24.0 Å². The quantitative estimate of drug-likeness (QED) is 0.676. The minimum Gasteiger partial charge on any atom is -0.490 e. The van der Waals surface area contributed by atoms with Gasteiger partial charge in [0.05, 0.1) is 12.8 Å². The Bertz CT molecular complexity index is 253. The lowest BCUT2D eigenvalue weighted by Crippen LogP contribution is -2.05. The van der Waals surface area contributed by atoms with Gasteiger partial charge in [-0.2, -0.15) is 0 Å². The van der Waals surface area contributed by atoms with Gasteiger partial charge in [0.2, 0.25) is 0 Å². The van der Waals surface area contributed by atoms with Crippen molar-refractivity contribution >= 4 is 0 Å². The summed E-state index contributed by atoms with van der Waals surface area (Å²) >= 11 is 0. The molecule has 72 valence electrons. The molecule has 0 saturated carbocycles. The molecule has 0 aliphatic heterocycles. The van der Waals surface area contributed by atoms with Gasteiger partial charge < -0.3 is 15.2 Å². The normalized spacial score (nSPS) is 10.0. The molecular weight excluding hydrogens is 168 g/mol. The summed E-state index contributed by atoms with van der Waals surface area (Å²) in [5.74, 6) is 0.736. The van der Waals surface area contributed by atoms with Crippen LogP contribution in [0.15, 0.2) is 18.5 Å². The van der Waals surface area contributed by atoms with Crippen molar-refractivity contribution in [2.24, 2.45) is 5.73 Å². The summed E-state index contributed by atoms with van der Waals surface area (Å²) < 4.78 is 10.2. The zero-order chi connectivity index (χ0) is 9.52. The van der Waals surface area contributed by atoms with E-state index in [1.165, 1.54) is 0 Å². The molecule has 0 fully saturated rings. The van der Waals surface area contributed by atoms with E-state index < -0.39 is 0 Å². The van der Waals surface area contributed by atoms with Crippen molar-refractivity contribution in [1.82, 2.24) is 4.98 Å². The van der Waals surface area contributed by atoms with E-state index in [4.69, 9.17) is 15.2 Å². The molecule has 1 heterocycles. The largest absolute Gasteiger partial charge is 0.490 e. The van der Waals surface area contributed by atoms with Gasteiger partial charge >= 0.3 is 0 Å². The van der Waals surface area contributed by atoms with E-state index in [0.717, 1.165) is 11.3 Å². The average molecular weight is 182 g/mol. The number of rotatable bonds is 5. The van der Waals surface area contributed by atoms with Crippen LogP contribution in [-0.2, 0) is 11.3 Å². The number of nitrogens with two attached hydrogens (primary N) is 1. The zero-order valence-electron chi connectivity index (χ0n) is 7.69. The second-order valence-corrected chi connectivity index (χ2v) is 2.57. The maximum absolute atomic E-state index is 5.45. The van der Waals surface area contributed by atoms with Gasteiger partial charge in [-0.15, -0.1) is 0 Å². The van der Waals surface area contributed by atoms with Gasteiger partial charge in [0.15, 0.2) is 0 Å². The summed E-state index contributed by atoms with van der Waals surface area (Å²) in [7, 11) is 1.64. The molecule has 0 aliphatic rings. The zero-order valence-corrected chi connectivity index (χ0v) is 7.69. The Balaban J connectivity index is 2.46. The molecule has 0 amide bonds. The molecule has 4 heteroatoms. The van der Waals surface area contributed by atoms with Crippen LogP contribution in [0.3, 0.4) is 0 Å². The Morgan fingerprint density at radius 3 is 2.92 bits per heavy atom. The smallest absolute Gasteiger partial charge is 0.138 e. The van der Waals surface area contributed by atoms with Crippen molar-refractivity contribution in [2.45, 2.75) is 6.54 Å². The van der Waals surface area contributed by atoms with E-state index >= 15 is 0 Å². The fraction of sp³-hybridized carbons (Fsp3) is 0.444. The molecule has 0 aromatic carbocycles. The highest BCUT2D eigenvalue weighted by molar-refractivity contribution is 5.23. The van der Waals surface area contributed by atoms with Crippen LogP contribution in [0.4, 0.5) is 0 Å². The van der Waals surface area contributed by atoms with Crippen LogP contribution >= 0.6 is 0 Å². The van der Waals surface area contributed by atoms with E-state index in [9.17, 15) is 0 Å². The van der Waals surface area contributed by atoms with Gasteiger partial charge in [0.25, 0.3) is 0 Å². The van der Waals surface area contributed by atoms with Crippen molar-refractivity contribution in [3.63, 3.8) is 0 Å². The van der Waals surface area contributed by atoms with Crippen LogP contribution in [-0.4, -0.2) is 25.3 Å². The average Bonchev–Trinajstić information content (AvgIpc) is 2.19. The van der Waals surface area contributed by atoms with Crippen molar-refractivity contribution in [1.29, 1.82) is 0 Å². The summed E-state index contributed by atoms with van der Waals surface area (Å²) in [6.07, 6.45) is 3.39. The highest BCUT2D eigenvalue weighted by Gasteiger charge is 1.95. The van der Waals surface area contributed by atoms with Crippen molar-refractivity contribution < 1.29 is 9.47 Å². The first-order valence-corrected chi connectivity index (χ1v) is 4.12. The number of methoxy groups -OCH3 is 1. The number of ether oxygens (including phenoxy) is 2. The van der Waals surface area contributed by atoms with Gasteiger partial charge in [0.1, 0.15) is 12.4 Å². The van der Waals surface area contributed by atoms with Crippen LogP contribution in [0.5, 0.6) is 5.75 Å². The highest BCUT2D eigenvalue weighted by Crippen LogP contribution is 2.10. The number of nitrogens with zero attached hydrogens (tertiary/aromatic N) is 1. The Labute approximate surface area is 77.7 Å². The summed E-state index contributed by atoms with van der Waals surface area (Å²) in [5.41, 5.74) is 6.42. The molecule has 1 aromatic rings. The predicted molar refractivity (Wildman–Crippen MR) is 49.5 cm³/mol. The van der Waals surface area contributed by atoms with Gasteiger partial charge in [-0.05, 0) is 11.6 Å². The predicted octanol–water partition coefficient (Wildman–Crippen LogP) is 0.566. The lowest BCUT2D eigenvalue weighted by Gasteiger charge is -2.05. The molecule has 13 heavy (non-hydrogen) atoms. The number of aromatic nitrogens is 1. The number of hydrogen-bond acceptors (Lipinski definition) is 4. The molecule has 0 radical (unpaired) electrons. The third-order valence-corrected chi connectivity index (χ3v) is 1.56. The first-order valence-electron chi connectivity index (χ1n) is 4.12. The Morgan fingerprint density at radius 2 is 2.23 bits per heavy atom. The van der Waals surface area contributed by atoms with E-state index in [-0.39, 0.29) is 0 Å². The molecule has 2 N–H and O–H groups in total. The van der Waals surface area contributed by atoms with Crippen LogP contribution in [0.1, 0.15) is 5.56 Å². The van der Waals surface area contributed by atoms with Crippen molar-refractivity contribution in [3.8, 4) is 5.75 Å². The Hall–Kier alpha value is -1.13. The second-order valence-electron chi connectivity index (χ2n) is 2.57. The number of pyridine rings is 1. The molecule has 0 unspecified atom stereocenters. The summed E-state index contributed by atoms with van der Waals surface area (Å²) in [5, 5.41) is 0. The Kier molecular flexibility index (Phi) is 4.21. The Morgan fingerprint density at radius 1 is 1.38 bits per heavy atom. The van der Waals surface area contributed by atoms with Gasteiger partial charge in [-0.1, -0.05) is 0 Å². The third-order valence-electron chi connectivity index (χ3n) is 1.56. The van der Waals surface area contributed by atoms with E-state index in [1.807, 2.05) is 6.07 Å². The fourth-order valence-corrected chi connectivity index (χ4v) is 0.897. The van der Waals surface area contributed by atoms with Crippen LogP contribution < -0.4 is 10.5 Å². The van der Waals surface area contributed by atoms with Gasteiger partial charge in [0, 0.05) is 19.9 Å². The molecule has 0 aliphatic carbocycles. The van der Waals surface area contributed by atoms with E-state index in [1.54, 1.807) is 19.5 Å². The molecular formula is C9H14N2O2. The number of hydrogen-bond donors (Lipinski definition) is 1. The standard InChI is InChI=1S/C9H14N2O2/c1-12-2-3-13-9-4-8(5-10)6-11-7-9/h4,6-7H,2-3,5,10H2,1H3. The van der Waals surface area contributed by atoms with Gasteiger partial charge in [-0.25, -0.2) is 0 Å². The SMILES string of the molecule is COCCOc1cncc(CN)c1. The third kappa shape index (κ3) is 3.40. The van der Waals surface area contributed by atoms with E-state index in [0.29, 0.717) is 19.8 Å². The van der Waals surface area contributed by atoms with Crippen LogP contribution in [0.2, 0.25) is 0 Å². The molecule has 0 atom stereocenters. The summed E-state index contributed by atoms with van der Waals surface area (Å²) in [6, 6.07) is 1.88. The van der Waals surface area contributed by atoms with Crippen molar-refractivity contribution in [2.75, 3.05) is 20.3 Å². The maximum Gasteiger partial charge on any atom is 0.138 e. The fourth-order valence-electron chi connectivity index (χ4n) is 0.897. The molecule has 1 aromatic heterocycles. The van der Waals surface area contributed by atoms with Crippen LogP contribution in [0.25, 0.3) is 0 Å². The molecule has 1 rings (SSSR count). The van der Waals surface area contributed by atoms with Gasteiger partial charge in [-0.3, -0.25) is 4.98 Å². The first kappa shape index (κ1) is 9.95. The highest BCUT2D eigenvalue weighted by atomic mass is 16.5. The minimum absolute atomic E-state index is 0.481. The first-order chi connectivity index (χ1) is 6.36. The second kappa shape index (κ2) is 5.50. The topological polar surface area (TPSA) is 57.4 Å². The molecule has 0 saturated heterocycles. The lowest BCUT2D eigenvalue weighted by molar-refractivity contribution is 0.146.